The fraction of sp³-hybridized carbons (Fsp3) is 0.562. The molecule has 0 aromatic heterocycles. The van der Waals surface area contributed by atoms with E-state index in [-0.39, 0.29) is 0 Å². The maximum absolute atomic E-state index is 5.81. The van der Waals surface area contributed by atoms with Gasteiger partial charge in [0.25, 0.3) is 0 Å². The second-order valence-corrected chi connectivity index (χ2v) is 6.32. The molecule has 1 aromatic carbocycles. The van der Waals surface area contributed by atoms with Crippen LogP contribution in [0.3, 0.4) is 0 Å². The van der Waals surface area contributed by atoms with Crippen molar-refractivity contribution in [2.45, 2.75) is 39.5 Å². The van der Waals surface area contributed by atoms with Gasteiger partial charge >= 0.3 is 0 Å². The fourth-order valence-electron chi connectivity index (χ4n) is 3.10. The Labute approximate surface area is 121 Å². The van der Waals surface area contributed by atoms with Gasteiger partial charge in [0.1, 0.15) is 4.99 Å². The van der Waals surface area contributed by atoms with Crippen molar-refractivity contribution in [3.05, 3.63) is 29.3 Å². The van der Waals surface area contributed by atoms with Gasteiger partial charge in [-0.15, -0.1) is 0 Å². The lowest BCUT2D eigenvalue weighted by molar-refractivity contribution is 0.293. The Hall–Kier alpha value is -1.09. The highest BCUT2D eigenvalue weighted by atomic mass is 32.1. The van der Waals surface area contributed by atoms with Crippen molar-refractivity contribution in [3.8, 4) is 0 Å². The monoisotopic (exact) mass is 276 g/mol. The smallest absolute Gasteiger partial charge is 0.106 e. The molecule has 0 aliphatic heterocycles. The van der Waals surface area contributed by atoms with Gasteiger partial charge in [0.15, 0.2) is 0 Å². The van der Waals surface area contributed by atoms with E-state index in [9.17, 15) is 0 Å². The molecule has 3 heteroatoms. The van der Waals surface area contributed by atoms with E-state index in [2.05, 4.69) is 25.2 Å². The summed E-state index contributed by atoms with van der Waals surface area (Å²) >= 11 is 5.14. The molecule has 1 aromatic rings. The first-order chi connectivity index (χ1) is 9.08. The largest absolute Gasteiger partial charge is 0.389 e. The molecule has 2 atom stereocenters. The number of nitrogens with two attached hydrogens (primary N) is 1. The molecule has 1 saturated carbocycles. The van der Waals surface area contributed by atoms with E-state index in [1.165, 1.54) is 31.2 Å². The van der Waals surface area contributed by atoms with Crippen molar-refractivity contribution in [3.63, 3.8) is 0 Å². The topological polar surface area (TPSA) is 38.0 Å². The molecule has 0 heterocycles. The Morgan fingerprint density at radius 2 is 2.21 bits per heavy atom. The van der Waals surface area contributed by atoms with Crippen molar-refractivity contribution in [2.24, 2.45) is 17.6 Å². The molecule has 3 N–H and O–H groups in total. The van der Waals surface area contributed by atoms with E-state index >= 15 is 0 Å². The predicted octanol–water partition coefficient (Wildman–Crippen LogP) is 3.87. The average molecular weight is 276 g/mol. The molecule has 0 bridgehead atoms. The quantitative estimate of drug-likeness (QED) is 0.820. The molecule has 19 heavy (non-hydrogen) atoms. The number of nitrogens with one attached hydrogen (secondary N) is 1. The Kier molecular flexibility index (Phi) is 4.81. The van der Waals surface area contributed by atoms with Crippen LogP contribution in [0.5, 0.6) is 0 Å². The van der Waals surface area contributed by atoms with Crippen LogP contribution in [0, 0.1) is 18.8 Å². The Morgan fingerprint density at radius 1 is 1.42 bits per heavy atom. The summed E-state index contributed by atoms with van der Waals surface area (Å²) in [5.41, 5.74) is 9.11. The summed E-state index contributed by atoms with van der Waals surface area (Å²) in [5.74, 6) is 1.65. The van der Waals surface area contributed by atoms with E-state index in [0.717, 1.165) is 29.6 Å². The van der Waals surface area contributed by atoms with Crippen LogP contribution < -0.4 is 11.1 Å². The number of hydrogen-bond acceptors (Lipinski definition) is 2. The van der Waals surface area contributed by atoms with Gasteiger partial charge in [-0.1, -0.05) is 44.1 Å². The maximum Gasteiger partial charge on any atom is 0.106 e. The highest BCUT2D eigenvalue weighted by molar-refractivity contribution is 7.80. The van der Waals surface area contributed by atoms with Gasteiger partial charge in [0, 0.05) is 17.8 Å². The number of thiocarbonyl (C=S) groups is 1. The first-order valence-corrected chi connectivity index (χ1v) is 7.62. The number of anilines is 1. The van der Waals surface area contributed by atoms with E-state index in [1.807, 2.05) is 12.1 Å². The third kappa shape index (κ3) is 3.69. The van der Waals surface area contributed by atoms with Crippen LogP contribution in [0.1, 0.15) is 43.7 Å². The Bertz CT molecular complexity index is 456. The highest BCUT2D eigenvalue weighted by Gasteiger charge is 2.19. The number of para-hydroxylation sites is 1. The molecule has 0 radical (unpaired) electrons. The minimum absolute atomic E-state index is 0.475. The lowest BCUT2D eigenvalue weighted by Crippen LogP contribution is -2.23. The van der Waals surface area contributed by atoms with Gasteiger partial charge < -0.3 is 11.1 Å². The highest BCUT2D eigenvalue weighted by Crippen LogP contribution is 2.29. The van der Waals surface area contributed by atoms with Crippen molar-refractivity contribution in [1.29, 1.82) is 0 Å². The van der Waals surface area contributed by atoms with Gasteiger partial charge in [-0.3, -0.25) is 0 Å². The molecule has 2 nitrogen and oxygen atoms in total. The molecule has 0 saturated heterocycles. The van der Waals surface area contributed by atoms with Crippen LogP contribution >= 0.6 is 12.2 Å². The Balaban J connectivity index is 2.04. The van der Waals surface area contributed by atoms with Crippen molar-refractivity contribution in [2.75, 3.05) is 11.9 Å². The first kappa shape index (κ1) is 14.3. The summed E-state index contributed by atoms with van der Waals surface area (Å²) in [6.45, 7) is 5.50. The standard InChI is InChI=1S/C16H24N2S/c1-11-5-3-7-13(9-11)10-18-15-12(2)6-4-8-14(15)16(17)19/h4,6,8,11,13,18H,3,5,7,9-10H2,1-2H3,(H2,17,19). The zero-order valence-corrected chi connectivity index (χ0v) is 12.7. The third-order valence-corrected chi connectivity index (χ3v) is 4.37. The predicted molar refractivity (Wildman–Crippen MR) is 86.7 cm³/mol. The molecule has 1 aliphatic carbocycles. The summed E-state index contributed by atoms with van der Waals surface area (Å²) in [7, 11) is 0. The van der Waals surface area contributed by atoms with Crippen LogP contribution in [0.25, 0.3) is 0 Å². The zero-order chi connectivity index (χ0) is 13.8. The van der Waals surface area contributed by atoms with Crippen LogP contribution in [-0.4, -0.2) is 11.5 Å². The molecule has 104 valence electrons. The molecule has 2 unspecified atom stereocenters. The van der Waals surface area contributed by atoms with Gasteiger partial charge in [-0.25, -0.2) is 0 Å². The van der Waals surface area contributed by atoms with Crippen LogP contribution in [-0.2, 0) is 0 Å². The van der Waals surface area contributed by atoms with E-state index in [0.29, 0.717) is 4.99 Å². The van der Waals surface area contributed by atoms with Crippen LogP contribution in [0.2, 0.25) is 0 Å². The molecule has 0 spiro atoms. The second-order valence-electron chi connectivity index (χ2n) is 5.88. The summed E-state index contributed by atoms with van der Waals surface area (Å²) < 4.78 is 0. The average Bonchev–Trinajstić information content (AvgIpc) is 2.37. The zero-order valence-electron chi connectivity index (χ0n) is 11.9. The number of rotatable bonds is 4. The second kappa shape index (κ2) is 6.38. The summed E-state index contributed by atoms with van der Waals surface area (Å²) in [6.07, 6.45) is 5.43. The molecular weight excluding hydrogens is 252 g/mol. The SMILES string of the molecule is Cc1cccc(C(N)=S)c1NCC1CCCC(C)C1. The molecule has 2 rings (SSSR count). The van der Waals surface area contributed by atoms with E-state index in [4.69, 9.17) is 18.0 Å². The lowest BCUT2D eigenvalue weighted by Gasteiger charge is -2.27. The minimum atomic E-state index is 0.475. The maximum atomic E-state index is 5.81. The molecule has 0 amide bonds. The van der Waals surface area contributed by atoms with Gasteiger partial charge in [-0.2, -0.15) is 0 Å². The summed E-state index contributed by atoms with van der Waals surface area (Å²) in [6, 6.07) is 6.12. The number of hydrogen-bond donors (Lipinski definition) is 2. The van der Waals surface area contributed by atoms with Gasteiger partial charge in [-0.05, 0) is 43.2 Å². The fourth-order valence-corrected chi connectivity index (χ4v) is 3.27. The lowest BCUT2D eigenvalue weighted by atomic mass is 9.82. The molecular formula is C16H24N2S. The van der Waals surface area contributed by atoms with E-state index in [1.54, 1.807) is 0 Å². The van der Waals surface area contributed by atoms with Crippen LogP contribution in [0.4, 0.5) is 5.69 Å². The molecule has 1 aliphatic rings. The minimum Gasteiger partial charge on any atom is -0.389 e. The molecule has 1 fully saturated rings. The summed E-state index contributed by atoms with van der Waals surface area (Å²) in [4.78, 5) is 0.475. The first-order valence-electron chi connectivity index (χ1n) is 7.21. The van der Waals surface area contributed by atoms with E-state index < -0.39 is 0 Å². The number of aryl methyl sites for hydroxylation is 1. The summed E-state index contributed by atoms with van der Waals surface area (Å²) in [5, 5.41) is 3.59. The van der Waals surface area contributed by atoms with Crippen molar-refractivity contribution >= 4 is 22.9 Å². The normalized spacial score (nSPS) is 23.1. The van der Waals surface area contributed by atoms with Gasteiger partial charge in [0.05, 0.1) is 0 Å². The third-order valence-electron chi connectivity index (χ3n) is 4.15. The Morgan fingerprint density at radius 3 is 2.89 bits per heavy atom. The van der Waals surface area contributed by atoms with Crippen molar-refractivity contribution in [1.82, 2.24) is 0 Å². The van der Waals surface area contributed by atoms with Crippen molar-refractivity contribution < 1.29 is 0 Å². The van der Waals surface area contributed by atoms with Crippen LogP contribution in [0.15, 0.2) is 18.2 Å². The van der Waals surface area contributed by atoms with Gasteiger partial charge in [0.2, 0.25) is 0 Å². The number of benzene rings is 1.